The first-order valence-corrected chi connectivity index (χ1v) is 6.06. The van der Waals surface area contributed by atoms with Gasteiger partial charge in [0, 0.05) is 8.81 Å². The molecule has 0 aromatic heterocycles. The predicted octanol–water partition coefficient (Wildman–Crippen LogP) is 2.25. The van der Waals surface area contributed by atoms with E-state index in [9.17, 15) is 21.6 Å². The number of rotatable bonds is 5. The van der Waals surface area contributed by atoms with E-state index < -0.39 is 24.4 Å². The lowest BCUT2D eigenvalue weighted by Gasteiger charge is -2.07. The highest BCUT2D eigenvalue weighted by atomic mass is 32.2. The molecule has 0 aromatic carbocycles. The molecular weight excluding hydrogens is 228 g/mol. The molecule has 13 heavy (non-hydrogen) atoms. The highest BCUT2D eigenvalue weighted by Crippen LogP contribution is 2.30. The topological polar surface area (TPSA) is 43.4 Å². The molecule has 0 radical (unpaired) electrons. The molecule has 0 aliphatic rings. The summed E-state index contributed by atoms with van der Waals surface area (Å²) in [5.41, 5.74) is -5.30. The van der Waals surface area contributed by atoms with Gasteiger partial charge in [-0.2, -0.15) is 21.6 Å². The molecule has 0 aliphatic carbocycles. The van der Waals surface area contributed by atoms with Gasteiger partial charge in [0.25, 0.3) is 0 Å². The first-order chi connectivity index (χ1) is 5.81. The summed E-state index contributed by atoms with van der Waals surface area (Å²) in [6, 6.07) is 0. The number of halogens is 3. The van der Waals surface area contributed by atoms with Crippen LogP contribution < -0.4 is 0 Å². The van der Waals surface area contributed by atoms with Gasteiger partial charge in [-0.15, -0.1) is 0 Å². The van der Waals surface area contributed by atoms with E-state index in [2.05, 4.69) is 3.97 Å². The Morgan fingerprint density at radius 2 is 1.92 bits per heavy atom. The molecule has 0 N–H and O–H groups in total. The molecule has 0 saturated heterocycles. The molecule has 0 aromatic rings. The van der Waals surface area contributed by atoms with Gasteiger partial charge < -0.3 is 0 Å². The standard InChI is InChI=1S/C5H10F3O3PS/c1-2-3-4-12-11-13(9,10)5(6,7)8/h12H,2-4H2,1H3. The lowest BCUT2D eigenvalue weighted by molar-refractivity contribution is -0.0495. The second-order valence-electron chi connectivity index (χ2n) is 2.23. The number of unbranched alkanes of at least 4 members (excludes halogenated alkanes) is 1. The Balaban J connectivity index is 3.92. The summed E-state index contributed by atoms with van der Waals surface area (Å²) >= 11 is 0. The summed E-state index contributed by atoms with van der Waals surface area (Å²) in [6.45, 7) is 1.85. The lowest BCUT2D eigenvalue weighted by Crippen LogP contribution is -2.23. The molecule has 1 atom stereocenters. The van der Waals surface area contributed by atoms with Crippen LogP contribution in [0.2, 0.25) is 0 Å². The zero-order valence-corrected chi connectivity index (χ0v) is 8.70. The minimum atomic E-state index is -5.37. The Labute approximate surface area is 76.6 Å². The van der Waals surface area contributed by atoms with E-state index >= 15 is 0 Å². The maximum absolute atomic E-state index is 11.6. The van der Waals surface area contributed by atoms with E-state index in [1.165, 1.54) is 0 Å². The van der Waals surface area contributed by atoms with E-state index in [0.29, 0.717) is 12.6 Å². The summed E-state index contributed by atoms with van der Waals surface area (Å²) in [7, 11) is -6.01. The number of alkyl halides is 3. The maximum Gasteiger partial charge on any atom is 0.523 e. The lowest BCUT2D eigenvalue weighted by atomic mass is 10.4. The van der Waals surface area contributed by atoms with Crippen molar-refractivity contribution in [2.75, 3.05) is 6.16 Å². The summed E-state index contributed by atoms with van der Waals surface area (Å²) < 4.78 is 59.2. The van der Waals surface area contributed by atoms with Crippen molar-refractivity contribution in [3.63, 3.8) is 0 Å². The van der Waals surface area contributed by atoms with E-state index in [0.717, 1.165) is 6.42 Å². The van der Waals surface area contributed by atoms with Crippen LogP contribution in [0, 0.1) is 0 Å². The Hall–Kier alpha value is 0.130. The molecule has 0 saturated carbocycles. The van der Waals surface area contributed by atoms with E-state index in [4.69, 9.17) is 0 Å². The SMILES string of the molecule is CCCCPOS(=O)(=O)C(F)(F)F. The minimum absolute atomic E-state index is 0.339. The molecular formula is C5H10F3O3PS. The fraction of sp³-hybridized carbons (Fsp3) is 1.00. The zero-order chi connectivity index (χ0) is 10.5. The van der Waals surface area contributed by atoms with Crippen LogP contribution in [0.15, 0.2) is 0 Å². The van der Waals surface area contributed by atoms with Crippen LogP contribution in [0.25, 0.3) is 0 Å². The van der Waals surface area contributed by atoms with Crippen LogP contribution in [0.4, 0.5) is 13.2 Å². The molecule has 0 aliphatic heterocycles. The predicted molar refractivity (Wildman–Crippen MR) is 44.1 cm³/mol. The van der Waals surface area contributed by atoms with Crippen molar-refractivity contribution in [2.45, 2.75) is 25.3 Å². The van der Waals surface area contributed by atoms with Gasteiger partial charge in [0.15, 0.2) is 0 Å². The van der Waals surface area contributed by atoms with Gasteiger partial charge in [0.1, 0.15) is 0 Å². The normalized spacial score (nSPS) is 14.2. The Morgan fingerprint density at radius 1 is 1.38 bits per heavy atom. The monoisotopic (exact) mass is 238 g/mol. The van der Waals surface area contributed by atoms with Crippen LogP contribution in [0.1, 0.15) is 19.8 Å². The van der Waals surface area contributed by atoms with Crippen molar-refractivity contribution in [1.82, 2.24) is 0 Å². The summed E-state index contributed by atoms with van der Waals surface area (Å²) in [6.07, 6.45) is 1.79. The average Bonchev–Trinajstić information content (AvgIpc) is 1.96. The molecule has 0 rings (SSSR count). The van der Waals surface area contributed by atoms with Crippen molar-refractivity contribution in [1.29, 1.82) is 0 Å². The van der Waals surface area contributed by atoms with Gasteiger partial charge in [-0.1, -0.05) is 13.3 Å². The first kappa shape index (κ1) is 13.1. The number of hydrogen-bond acceptors (Lipinski definition) is 3. The smallest absolute Gasteiger partial charge is 0.244 e. The molecule has 8 heteroatoms. The minimum Gasteiger partial charge on any atom is -0.244 e. The summed E-state index contributed by atoms with van der Waals surface area (Å²) in [5, 5.41) is 0. The van der Waals surface area contributed by atoms with Crippen molar-refractivity contribution >= 4 is 18.9 Å². The number of hydrogen-bond donors (Lipinski definition) is 0. The zero-order valence-electron chi connectivity index (χ0n) is 6.89. The largest absolute Gasteiger partial charge is 0.523 e. The fourth-order valence-electron chi connectivity index (χ4n) is 0.415. The molecule has 3 nitrogen and oxygen atoms in total. The van der Waals surface area contributed by atoms with Crippen molar-refractivity contribution in [3.05, 3.63) is 0 Å². The van der Waals surface area contributed by atoms with Gasteiger partial charge in [-0.3, -0.25) is 0 Å². The van der Waals surface area contributed by atoms with Crippen LogP contribution >= 0.6 is 8.81 Å². The van der Waals surface area contributed by atoms with Gasteiger partial charge in [-0.05, 0) is 12.6 Å². The van der Waals surface area contributed by atoms with Crippen molar-refractivity contribution in [3.8, 4) is 0 Å². The second-order valence-corrected chi connectivity index (χ2v) is 5.06. The maximum atomic E-state index is 11.6. The Bertz CT molecular complexity index is 236. The third-order valence-electron chi connectivity index (χ3n) is 1.08. The summed E-state index contributed by atoms with van der Waals surface area (Å²) in [4.78, 5) is 0. The molecule has 0 bridgehead atoms. The first-order valence-electron chi connectivity index (χ1n) is 3.54. The van der Waals surface area contributed by atoms with Crippen LogP contribution in [0.5, 0.6) is 0 Å². The van der Waals surface area contributed by atoms with Crippen LogP contribution in [-0.4, -0.2) is 20.1 Å². The highest BCUT2D eigenvalue weighted by Gasteiger charge is 2.47. The van der Waals surface area contributed by atoms with Crippen molar-refractivity contribution in [2.24, 2.45) is 0 Å². The molecule has 0 spiro atoms. The van der Waals surface area contributed by atoms with E-state index in [1.807, 2.05) is 6.92 Å². The Morgan fingerprint density at radius 3 is 2.31 bits per heavy atom. The average molecular weight is 238 g/mol. The summed E-state index contributed by atoms with van der Waals surface area (Å²) in [5.74, 6) is 0. The molecule has 80 valence electrons. The third-order valence-corrected chi connectivity index (χ3v) is 3.56. The quantitative estimate of drug-likeness (QED) is 0.419. The van der Waals surface area contributed by atoms with Gasteiger partial charge in [0.2, 0.25) is 0 Å². The second kappa shape index (κ2) is 5.12. The Kier molecular flexibility index (Phi) is 5.17. The molecule has 0 fully saturated rings. The van der Waals surface area contributed by atoms with Crippen LogP contribution in [0.3, 0.4) is 0 Å². The third kappa shape index (κ3) is 4.78. The van der Waals surface area contributed by atoms with E-state index in [1.54, 1.807) is 0 Å². The van der Waals surface area contributed by atoms with Gasteiger partial charge in [0.05, 0.1) is 0 Å². The molecule has 0 heterocycles. The molecule has 0 amide bonds. The fourth-order valence-corrected chi connectivity index (χ4v) is 2.25. The van der Waals surface area contributed by atoms with Crippen molar-refractivity contribution < 1.29 is 25.6 Å². The van der Waals surface area contributed by atoms with E-state index in [-0.39, 0.29) is 0 Å². The van der Waals surface area contributed by atoms with Gasteiger partial charge in [-0.25, -0.2) is 3.97 Å². The molecule has 1 unspecified atom stereocenters. The van der Waals surface area contributed by atoms with Crippen LogP contribution in [-0.2, 0) is 14.1 Å². The highest BCUT2D eigenvalue weighted by molar-refractivity contribution is 7.90. The van der Waals surface area contributed by atoms with Gasteiger partial charge >= 0.3 is 15.6 Å².